The van der Waals surface area contributed by atoms with Crippen molar-refractivity contribution in [3.8, 4) is 0 Å². The number of aromatic nitrogens is 1. The lowest BCUT2D eigenvalue weighted by molar-refractivity contribution is 1.11. The summed E-state index contributed by atoms with van der Waals surface area (Å²) in [5, 5.41) is 2.07. The van der Waals surface area contributed by atoms with Crippen molar-refractivity contribution in [3.63, 3.8) is 0 Å². The van der Waals surface area contributed by atoms with Crippen molar-refractivity contribution in [2.75, 3.05) is 0 Å². The number of rotatable bonds is 3. The van der Waals surface area contributed by atoms with Gasteiger partial charge in [-0.3, -0.25) is 4.99 Å². The topological polar surface area (TPSA) is 28.1 Å². The lowest BCUT2D eigenvalue weighted by Gasteiger charge is -1.87. The molecule has 66 valence electrons. The Morgan fingerprint density at radius 3 is 3.08 bits per heavy atom. The highest BCUT2D eigenvalue weighted by Crippen LogP contribution is 2.09. The van der Waals surface area contributed by atoms with Gasteiger partial charge in [-0.2, -0.15) is 0 Å². The lowest BCUT2D eigenvalue weighted by Crippen LogP contribution is -1.80. The lowest BCUT2D eigenvalue weighted by atomic mass is 10.4. The van der Waals surface area contributed by atoms with Crippen molar-refractivity contribution < 1.29 is 0 Å². The number of nitrogens with zero attached hydrogens (tertiary/aromatic N) is 1. The van der Waals surface area contributed by atoms with E-state index in [9.17, 15) is 0 Å². The van der Waals surface area contributed by atoms with Gasteiger partial charge in [0.1, 0.15) is 0 Å². The second kappa shape index (κ2) is 4.05. The first-order chi connectivity index (χ1) is 6.45. The molecule has 0 unspecified atom stereocenters. The van der Waals surface area contributed by atoms with E-state index in [-0.39, 0.29) is 0 Å². The van der Waals surface area contributed by atoms with Crippen LogP contribution in [-0.4, -0.2) is 11.2 Å². The van der Waals surface area contributed by atoms with Crippen LogP contribution in [0.4, 0.5) is 0 Å². The van der Waals surface area contributed by atoms with Crippen molar-refractivity contribution in [2.24, 2.45) is 4.99 Å². The van der Waals surface area contributed by atoms with E-state index < -0.39 is 0 Å². The predicted molar refractivity (Wildman–Crippen MR) is 56.4 cm³/mol. The minimum absolute atomic E-state index is 0.774. The molecule has 0 aliphatic heterocycles. The monoisotopic (exact) mass is 190 g/mol. The Balaban J connectivity index is 1.93. The van der Waals surface area contributed by atoms with E-state index >= 15 is 0 Å². The number of nitrogens with one attached hydrogen (secondary N) is 1. The highest BCUT2D eigenvalue weighted by atomic mass is 32.1. The number of hydrogen-bond acceptors (Lipinski definition) is 2. The molecule has 2 aromatic heterocycles. The molecule has 0 radical (unpaired) electrons. The zero-order valence-corrected chi connectivity index (χ0v) is 7.92. The van der Waals surface area contributed by atoms with Crippen LogP contribution >= 0.6 is 11.3 Å². The zero-order chi connectivity index (χ0) is 8.93. The fraction of sp³-hybridized carbons (Fsp3) is 0.100. The Bertz CT molecular complexity index is 360. The summed E-state index contributed by atoms with van der Waals surface area (Å²) in [4.78, 5) is 8.68. The van der Waals surface area contributed by atoms with E-state index in [1.165, 1.54) is 4.88 Å². The van der Waals surface area contributed by atoms with E-state index in [0.717, 1.165) is 12.2 Å². The Hall–Kier alpha value is -1.35. The Labute approximate surface area is 81.0 Å². The largest absolute Gasteiger partial charge is 0.360 e. The molecule has 0 aliphatic carbocycles. The number of thiophene rings is 1. The van der Waals surface area contributed by atoms with E-state index in [2.05, 4.69) is 21.4 Å². The van der Waals surface area contributed by atoms with Crippen LogP contribution in [-0.2, 0) is 6.54 Å². The SMILES string of the molecule is C(=NCc1cccs1)c1ccc[nH]1. The molecule has 0 aromatic carbocycles. The van der Waals surface area contributed by atoms with E-state index in [0.29, 0.717) is 0 Å². The van der Waals surface area contributed by atoms with Crippen molar-refractivity contribution in [2.45, 2.75) is 6.54 Å². The first kappa shape index (κ1) is 8.26. The van der Waals surface area contributed by atoms with Gasteiger partial charge in [-0.15, -0.1) is 11.3 Å². The van der Waals surface area contributed by atoms with Crippen LogP contribution in [0, 0.1) is 0 Å². The maximum Gasteiger partial charge on any atom is 0.0733 e. The smallest absolute Gasteiger partial charge is 0.0733 e. The molecule has 0 fully saturated rings. The van der Waals surface area contributed by atoms with Crippen LogP contribution < -0.4 is 0 Å². The van der Waals surface area contributed by atoms with E-state index in [4.69, 9.17) is 0 Å². The van der Waals surface area contributed by atoms with Crippen molar-refractivity contribution >= 4 is 17.6 Å². The number of aliphatic imine (C=N–C) groups is 1. The molecule has 2 aromatic rings. The molecule has 0 aliphatic rings. The molecule has 0 atom stereocenters. The molecular formula is C10H10N2S. The fourth-order valence-corrected chi connectivity index (χ4v) is 1.70. The quantitative estimate of drug-likeness (QED) is 0.721. The molecule has 13 heavy (non-hydrogen) atoms. The van der Waals surface area contributed by atoms with Crippen LogP contribution in [0.1, 0.15) is 10.6 Å². The molecule has 3 heteroatoms. The molecule has 0 saturated carbocycles. The highest BCUT2D eigenvalue weighted by molar-refractivity contribution is 7.09. The maximum absolute atomic E-state index is 4.31. The van der Waals surface area contributed by atoms with Gasteiger partial charge in [-0.05, 0) is 23.6 Å². The highest BCUT2D eigenvalue weighted by Gasteiger charge is 1.89. The average Bonchev–Trinajstić information content (AvgIpc) is 2.75. The van der Waals surface area contributed by atoms with Gasteiger partial charge in [0.2, 0.25) is 0 Å². The summed E-state index contributed by atoms with van der Waals surface area (Å²) >= 11 is 1.74. The summed E-state index contributed by atoms with van der Waals surface area (Å²) in [6, 6.07) is 8.10. The second-order valence-corrected chi connectivity index (χ2v) is 3.71. The summed E-state index contributed by atoms with van der Waals surface area (Å²) in [7, 11) is 0. The summed E-state index contributed by atoms with van der Waals surface area (Å²) < 4.78 is 0. The summed E-state index contributed by atoms with van der Waals surface area (Å²) in [5.74, 6) is 0. The van der Waals surface area contributed by atoms with Gasteiger partial charge in [0.15, 0.2) is 0 Å². The number of hydrogen-bond donors (Lipinski definition) is 1. The molecule has 1 N–H and O–H groups in total. The van der Waals surface area contributed by atoms with Gasteiger partial charge in [0.05, 0.1) is 12.2 Å². The van der Waals surface area contributed by atoms with Gasteiger partial charge in [-0.25, -0.2) is 0 Å². The molecule has 0 bridgehead atoms. The fourth-order valence-electron chi connectivity index (χ4n) is 1.06. The zero-order valence-electron chi connectivity index (χ0n) is 7.10. The van der Waals surface area contributed by atoms with E-state index in [1.807, 2.05) is 30.6 Å². The second-order valence-electron chi connectivity index (χ2n) is 2.67. The van der Waals surface area contributed by atoms with Crippen LogP contribution in [0.3, 0.4) is 0 Å². The van der Waals surface area contributed by atoms with E-state index in [1.54, 1.807) is 11.3 Å². The Kier molecular flexibility index (Phi) is 2.57. The predicted octanol–water partition coefficient (Wildman–Crippen LogP) is 2.70. The first-order valence-electron chi connectivity index (χ1n) is 4.11. The third-order valence-electron chi connectivity index (χ3n) is 1.68. The van der Waals surface area contributed by atoms with Gasteiger partial charge in [-0.1, -0.05) is 6.07 Å². The average molecular weight is 190 g/mol. The maximum atomic E-state index is 4.31. The van der Waals surface area contributed by atoms with Gasteiger partial charge in [0.25, 0.3) is 0 Å². The number of H-pyrrole nitrogens is 1. The van der Waals surface area contributed by atoms with Crippen LogP contribution in [0.2, 0.25) is 0 Å². The van der Waals surface area contributed by atoms with Gasteiger partial charge in [0, 0.05) is 17.3 Å². The summed E-state index contributed by atoms with van der Waals surface area (Å²) in [5.41, 5.74) is 1.05. The molecule has 2 nitrogen and oxygen atoms in total. The molecule has 0 saturated heterocycles. The first-order valence-corrected chi connectivity index (χ1v) is 4.99. The molecule has 2 rings (SSSR count). The standard InChI is InChI=1S/C10H10N2S/c1-3-9(12-5-1)7-11-8-10-4-2-6-13-10/h1-7,12H,8H2. The van der Waals surface area contributed by atoms with Crippen LogP contribution in [0.5, 0.6) is 0 Å². The van der Waals surface area contributed by atoms with Gasteiger partial charge < -0.3 is 4.98 Å². The molecule has 2 heterocycles. The molecular weight excluding hydrogens is 180 g/mol. The minimum Gasteiger partial charge on any atom is -0.360 e. The van der Waals surface area contributed by atoms with Crippen molar-refractivity contribution in [1.82, 2.24) is 4.98 Å². The Morgan fingerprint density at radius 1 is 1.38 bits per heavy atom. The minimum atomic E-state index is 0.774. The third kappa shape index (κ3) is 2.29. The summed E-state index contributed by atoms with van der Waals surface area (Å²) in [6.45, 7) is 0.774. The van der Waals surface area contributed by atoms with Crippen molar-refractivity contribution in [1.29, 1.82) is 0 Å². The molecule has 0 spiro atoms. The summed E-state index contributed by atoms with van der Waals surface area (Å²) in [6.07, 6.45) is 3.76. The normalized spacial score (nSPS) is 11.1. The van der Waals surface area contributed by atoms with Gasteiger partial charge >= 0.3 is 0 Å². The van der Waals surface area contributed by atoms with Crippen LogP contribution in [0.15, 0.2) is 40.8 Å². The van der Waals surface area contributed by atoms with Crippen molar-refractivity contribution in [3.05, 3.63) is 46.4 Å². The number of aromatic amines is 1. The Morgan fingerprint density at radius 2 is 2.38 bits per heavy atom. The third-order valence-corrected chi connectivity index (χ3v) is 2.54. The van der Waals surface area contributed by atoms with Crippen LogP contribution in [0.25, 0.3) is 0 Å². The molecule has 0 amide bonds.